The molecule has 1 heterocycles. The van der Waals surface area contributed by atoms with Crippen molar-refractivity contribution in [3.05, 3.63) is 169 Å². The lowest BCUT2D eigenvalue weighted by atomic mass is 9.82. The first kappa shape index (κ1) is 27.7. The molecule has 0 radical (unpaired) electrons. The van der Waals surface area contributed by atoms with Crippen LogP contribution in [0.15, 0.2) is 162 Å². The maximum atomic E-state index is 6.55. The van der Waals surface area contributed by atoms with Gasteiger partial charge in [0.1, 0.15) is 11.2 Å². The average molecular weight is 637 g/mol. The number of furan rings is 1. The zero-order valence-electron chi connectivity index (χ0n) is 27.9. The Morgan fingerprint density at radius 2 is 1.04 bits per heavy atom. The van der Waals surface area contributed by atoms with Gasteiger partial charge in [-0.25, -0.2) is 0 Å². The third-order valence-corrected chi connectivity index (χ3v) is 11.4. The molecule has 11 rings (SSSR count). The Hall–Kier alpha value is -6.18. The van der Waals surface area contributed by atoms with Crippen molar-refractivity contribution in [3.63, 3.8) is 0 Å². The van der Waals surface area contributed by atoms with Crippen LogP contribution in [0.1, 0.15) is 25.0 Å². The predicted octanol–water partition coefficient (Wildman–Crippen LogP) is 13.8. The normalized spacial score (nSPS) is 13.6. The fourth-order valence-electron chi connectivity index (χ4n) is 8.88. The fourth-order valence-corrected chi connectivity index (χ4v) is 8.88. The van der Waals surface area contributed by atoms with Gasteiger partial charge in [0.25, 0.3) is 0 Å². The first-order valence-electron chi connectivity index (χ1n) is 17.5. The molecule has 1 aromatic heterocycles. The van der Waals surface area contributed by atoms with Crippen molar-refractivity contribution >= 4 is 54.3 Å². The maximum Gasteiger partial charge on any atom is 0.135 e. The zero-order chi connectivity index (χ0) is 33.1. The minimum atomic E-state index is -0.0658. The van der Waals surface area contributed by atoms with Gasteiger partial charge in [0, 0.05) is 16.2 Å². The molecular weight excluding hydrogens is 605 g/mol. The van der Waals surface area contributed by atoms with Gasteiger partial charge in [0.15, 0.2) is 0 Å². The molecule has 9 aromatic carbocycles. The van der Waals surface area contributed by atoms with Crippen LogP contribution in [-0.2, 0) is 5.41 Å². The van der Waals surface area contributed by atoms with Crippen LogP contribution in [0.25, 0.3) is 98.8 Å². The molecule has 10 aromatic rings. The molecule has 1 aliphatic carbocycles. The number of fused-ring (bicyclic) bond motifs is 6. The van der Waals surface area contributed by atoms with Crippen LogP contribution in [0, 0.1) is 0 Å². The Morgan fingerprint density at radius 1 is 0.360 bits per heavy atom. The summed E-state index contributed by atoms with van der Waals surface area (Å²) >= 11 is 0. The highest BCUT2D eigenvalue weighted by molar-refractivity contribution is 6.25. The maximum absolute atomic E-state index is 6.55. The summed E-state index contributed by atoms with van der Waals surface area (Å²) in [5.74, 6) is 0. The van der Waals surface area contributed by atoms with Crippen LogP contribution >= 0.6 is 0 Å². The second-order valence-corrected chi connectivity index (χ2v) is 14.5. The van der Waals surface area contributed by atoms with Crippen molar-refractivity contribution in [1.82, 2.24) is 0 Å². The summed E-state index contributed by atoms with van der Waals surface area (Å²) in [6.45, 7) is 4.64. The van der Waals surface area contributed by atoms with E-state index >= 15 is 0 Å². The molecule has 1 nitrogen and oxygen atoms in total. The van der Waals surface area contributed by atoms with Crippen molar-refractivity contribution in [3.8, 4) is 44.5 Å². The number of rotatable bonds is 3. The highest BCUT2D eigenvalue weighted by atomic mass is 16.3. The molecule has 0 atom stereocenters. The smallest absolute Gasteiger partial charge is 0.135 e. The predicted molar refractivity (Wildman–Crippen MR) is 211 cm³/mol. The molecular formula is C49H32O. The Bertz CT molecular complexity index is 2980. The van der Waals surface area contributed by atoms with Gasteiger partial charge in [0.05, 0.1) is 0 Å². The quantitative estimate of drug-likeness (QED) is 0.176. The molecule has 0 saturated carbocycles. The van der Waals surface area contributed by atoms with Crippen molar-refractivity contribution in [2.45, 2.75) is 19.3 Å². The van der Waals surface area contributed by atoms with E-state index in [9.17, 15) is 0 Å². The molecule has 0 N–H and O–H groups in total. The Kier molecular flexibility index (Phi) is 5.51. The summed E-state index contributed by atoms with van der Waals surface area (Å²) in [5.41, 5.74) is 14.4. The lowest BCUT2D eigenvalue weighted by Gasteiger charge is -2.21. The van der Waals surface area contributed by atoms with E-state index in [1.54, 1.807) is 0 Å². The molecule has 0 amide bonds. The van der Waals surface area contributed by atoms with Gasteiger partial charge in [-0.1, -0.05) is 129 Å². The Morgan fingerprint density at radius 3 is 1.88 bits per heavy atom. The number of benzene rings is 9. The molecule has 50 heavy (non-hydrogen) atoms. The second-order valence-electron chi connectivity index (χ2n) is 14.5. The summed E-state index contributed by atoms with van der Waals surface area (Å²) in [6, 6.07) is 58.3. The first-order chi connectivity index (χ1) is 24.5. The van der Waals surface area contributed by atoms with E-state index in [2.05, 4.69) is 172 Å². The highest BCUT2D eigenvalue weighted by Crippen LogP contribution is 2.51. The van der Waals surface area contributed by atoms with E-state index in [4.69, 9.17) is 4.42 Å². The topological polar surface area (TPSA) is 13.1 Å². The van der Waals surface area contributed by atoms with Crippen LogP contribution in [-0.4, -0.2) is 0 Å². The standard InChI is InChI=1S/C49H32O/c1-49(2)43-14-7-6-13-38(43)40-27-42-41-26-33(19-22-45(41)50-46(42)28-44(40)49)35-23-34(29-9-4-3-5-10-29)24-36(25-35)37-20-17-32-16-15-30-11-8-12-31-18-21-39(37)48(32)47(30)31/h3-28H,1-2H3. The molecule has 0 spiro atoms. The minimum absolute atomic E-state index is 0.0658. The second kappa shape index (κ2) is 9.94. The van der Waals surface area contributed by atoms with Gasteiger partial charge in [-0.15, -0.1) is 0 Å². The monoisotopic (exact) mass is 636 g/mol. The number of hydrogen-bond donors (Lipinski definition) is 0. The van der Waals surface area contributed by atoms with Gasteiger partial charge < -0.3 is 4.42 Å². The Balaban J connectivity index is 1.14. The van der Waals surface area contributed by atoms with Gasteiger partial charge in [-0.2, -0.15) is 0 Å². The molecule has 0 bridgehead atoms. The molecule has 0 fully saturated rings. The molecule has 0 unspecified atom stereocenters. The molecule has 0 aliphatic heterocycles. The van der Waals surface area contributed by atoms with Crippen molar-refractivity contribution < 1.29 is 4.42 Å². The fraction of sp³-hybridized carbons (Fsp3) is 0.0612. The lowest BCUT2D eigenvalue weighted by molar-refractivity contribution is 0.647. The summed E-state index contributed by atoms with van der Waals surface area (Å²) in [5, 5.41) is 10.1. The van der Waals surface area contributed by atoms with Crippen LogP contribution in [0.3, 0.4) is 0 Å². The van der Waals surface area contributed by atoms with Gasteiger partial charge >= 0.3 is 0 Å². The summed E-state index contributed by atoms with van der Waals surface area (Å²) in [4.78, 5) is 0. The SMILES string of the molecule is CC1(C)c2ccccc2-c2cc3c(cc21)oc1ccc(-c2cc(-c4ccccc4)cc(-c4ccc5ccc6cccc7ccc4c5c67)c2)cc13. The van der Waals surface area contributed by atoms with Crippen molar-refractivity contribution in [1.29, 1.82) is 0 Å². The number of hydrogen-bond acceptors (Lipinski definition) is 1. The van der Waals surface area contributed by atoms with Crippen LogP contribution in [0.4, 0.5) is 0 Å². The van der Waals surface area contributed by atoms with Gasteiger partial charge in [-0.05, 0) is 130 Å². The van der Waals surface area contributed by atoms with Gasteiger partial charge in [0.2, 0.25) is 0 Å². The molecule has 1 aliphatic rings. The van der Waals surface area contributed by atoms with E-state index in [1.165, 1.54) is 93.3 Å². The summed E-state index contributed by atoms with van der Waals surface area (Å²) < 4.78 is 6.55. The molecule has 0 saturated heterocycles. The third kappa shape index (κ3) is 3.83. The van der Waals surface area contributed by atoms with E-state index in [1.807, 2.05) is 0 Å². The molecule has 234 valence electrons. The summed E-state index contributed by atoms with van der Waals surface area (Å²) in [7, 11) is 0. The minimum Gasteiger partial charge on any atom is -0.456 e. The Labute approximate surface area is 290 Å². The van der Waals surface area contributed by atoms with Crippen LogP contribution in [0.5, 0.6) is 0 Å². The van der Waals surface area contributed by atoms with Crippen LogP contribution in [0.2, 0.25) is 0 Å². The highest BCUT2D eigenvalue weighted by Gasteiger charge is 2.36. The van der Waals surface area contributed by atoms with E-state index in [0.29, 0.717) is 0 Å². The zero-order valence-corrected chi connectivity index (χ0v) is 27.9. The van der Waals surface area contributed by atoms with Crippen LogP contribution < -0.4 is 0 Å². The van der Waals surface area contributed by atoms with E-state index in [-0.39, 0.29) is 5.41 Å². The first-order valence-corrected chi connectivity index (χ1v) is 17.5. The summed E-state index contributed by atoms with van der Waals surface area (Å²) in [6.07, 6.45) is 0. The lowest BCUT2D eigenvalue weighted by Crippen LogP contribution is -2.14. The largest absolute Gasteiger partial charge is 0.456 e. The van der Waals surface area contributed by atoms with Crippen molar-refractivity contribution in [2.24, 2.45) is 0 Å². The van der Waals surface area contributed by atoms with E-state index < -0.39 is 0 Å². The van der Waals surface area contributed by atoms with Gasteiger partial charge in [-0.3, -0.25) is 0 Å². The molecule has 1 heteroatoms. The third-order valence-electron chi connectivity index (χ3n) is 11.4. The average Bonchev–Trinajstić information content (AvgIpc) is 3.63. The van der Waals surface area contributed by atoms with Crippen molar-refractivity contribution in [2.75, 3.05) is 0 Å². The van der Waals surface area contributed by atoms with E-state index in [0.717, 1.165) is 16.6 Å².